The minimum atomic E-state index is -4.56. The molecule has 0 atom stereocenters. The Bertz CT molecular complexity index is 2670. The Kier molecular flexibility index (Phi) is 14.5. The van der Waals surface area contributed by atoms with Crippen molar-refractivity contribution in [2.75, 3.05) is 9.44 Å². The van der Waals surface area contributed by atoms with Crippen molar-refractivity contribution in [3.05, 3.63) is 190 Å². The van der Waals surface area contributed by atoms with Crippen LogP contribution in [-0.2, 0) is 58.3 Å². The van der Waals surface area contributed by atoms with Crippen LogP contribution in [-0.4, -0.2) is 39.0 Å². The van der Waals surface area contributed by atoms with E-state index in [1.165, 1.54) is 6.07 Å². The van der Waals surface area contributed by atoms with Crippen LogP contribution >= 0.6 is 0 Å². The van der Waals surface area contributed by atoms with Gasteiger partial charge >= 0.3 is 18.1 Å². The molecule has 6 aromatic carbocycles. The van der Waals surface area contributed by atoms with Crippen molar-refractivity contribution >= 4 is 43.4 Å². The van der Waals surface area contributed by atoms with Gasteiger partial charge in [0.2, 0.25) is 0 Å². The zero-order chi connectivity index (χ0) is 43.5. The molecule has 15 heteroatoms. The van der Waals surface area contributed by atoms with E-state index in [0.29, 0.717) is 42.6 Å². The maximum atomic E-state index is 12.8. The third-order valence-electron chi connectivity index (χ3n) is 9.37. The van der Waals surface area contributed by atoms with E-state index in [1.54, 1.807) is 84.9 Å². The smallest absolute Gasteiger partial charge is 0.416 e. The summed E-state index contributed by atoms with van der Waals surface area (Å²) in [6.45, 7) is 2.02. The largest absolute Gasteiger partial charge is 0.478 e. The number of sulfonamides is 2. The molecule has 0 aromatic heterocycles. The van der Waals surface area contributed by atoms with Gasteiger partial charge in [-0.1, -0.05) is 79.7 Å². The van der Waals surface area contributed by atoms with E-state index >= 15 is 0 Å². The lowest BCUT2D eigenvalue weighted by Crippen LogP contribution is -2.15. The maximum absolute atomic E-state index is 12.8. The Morgan fingerprint density at radius 3 is 1.30 bits per heavy atom. The number of aromatic carboxylic acids is 2. The third-order valence-corrected chi connectivity index (χ3v) is 12.1. The summed E-state index contributed by atoms with van der Waals surface area (Å²) in [7, 11) is -7.78. The van der Waals surface area contributed by atoms with Gasteiger partial charge in [-0.05, 0) is 133 Å². The fourth-order valence-corrected chi connectivity index (χ4v) is 8.29. The number of halogens is 3. The highest BCUT2D eigenvalue weighted by atomic mass is 32.2. The molecule has 60 heavy (non-hydrogen) atoms. The summed E-state index contributed by atoms with van der Waals surface area (Å²) < 4.78 is 94.1. The standard InChI is InChI=1S/C23H23NO4S.C22H18F3NO4S/c1-2-17-11-14-21(15-12-17)29(27,28)24-22-9-4-3-7-19(22)13-10-18-6-5-8-20(16-18)23(25)26;23-22(24,25)18-10-12-19(13-11-18)31(29,30)26-20-7-2-1-5-16(20)9-8-15-4-3-6-17(14-15)21(27)28/h3-9,11-12,14-16,24H,2,10,13H2,1H3,(H,25,26);1-7,10-14,26H,8-9H2,(H,27,28). The van der Waals surface area contributed by atoms with E-state index in [9.17, 15) is 39.6 Å². The average molecular weight is 859 g/mol. The fourth-order valence-electron chi connectivity index (χ4n) is 6.09. The van der Waals surface area contributed by atoms with Gasteiger partial charge in [-0.15, -0.1) is 0 Å². The Hall–Kier alpha value is -6.45. The molecule has 0 amide bonds. The Morgan fingerprint density at radius 1 is 0.517 bits per heavy atom. The number of aryl methyl sites for hydroxylation is 5. The zero-order valence-electron chi connectivity index (χ0n) is 32.2. The van der Waals surface area contributed by atoms with Crippen LogP contribution in [0.3, 0.4) is 0 Å². The van der Waals surface area contributed by atoms with Crippen LogP contribution in [0.15, 0.2) is 155 Å². The predicted octanol–water partition coefficient (Wildman–Crippen LogP) is 9.52. The number of hydrogen-bond acceptors (Lipinski definition) is 6. The normalized spacial score (nSPS) is 11.5. The summed E-state index contributed by atoms with van der Waals surface area (Å²) in [5.74, 6) is -2.00. The van der Waals surface area contributed by atoms with Gasteiger partial charge in [-0.25, -0.2) is 26.4 Å². The number of alkyl halides is 3. The molecule has 0 aliphatic heterocycles. The molecule has 0 aliphatic carbocycles. The molecule has 4 N–H and O–H groups in total. The van der Waals surface area contributed by atoms with E-state index < -0.39 is 43.7 Å². The summed E-state index contributed by atoms with van der Waals surface area (Å²) in [6, 6.07) is 37.3. The summed E-state index contributed by atoms with van der Waals surface area (Å²) >= 11 is 0. The lowest BCUT2D eigenvalue weighted by Gasteiger charge is -2.14. The van der Waals surface area contributed by atoms with Gasteiger partial charge < -0.3 is 10.2 Å². The highest BCUT2D eigenvalue weighted by Crippen LogP contribution is 2.30. The lowest BCUT2D eigenvalue weighted by atomic mass is 10.0. The van der Waals surface area contributed by atoms with Crippen molar-refractivity contribution in [3.8, 4) is 0 Å². The molecular weight excluding hydrogens is 818 g/mol. The molecule has 0 saturated heterocycles. The van der Waals surface area contributed by atoms with Gasteiger partial charge in [0.25, 0.3) is 20.0 Å². The highest BCUT2D eigenvalue weighted by molar-refractivity contribution is 7.93. The Morgan fingerprint density at radius 2 is 0.917 bits per heavy atom. The third kappa shape index (κ3) is 12.3. The van der Waals surface area contributed by atoms with Crippen molar-refractivity contribution in [1.82, 2.24) is 0 Å². The lowest BCUT2D eigenvalue weighted by molar-refractivity contribution is -0.137. The van der Waals surface area contributed by atoms with Crippen molar-refractivity contribution in [2.24, 2.45) is 0 Å². The highest BCUT2D eigenvalue weighted by Gasteiger charge is 2.30. The molecule has 6 aromatic rings. The number of anilines is 2. The number of hydrogen-bond donors (Lipinski definition) is 4. The molecule has 0 fully saturated rings. The number of nitrogens with one attached hydrogen (secondary N) is 2. The average Bonchev–Trinajstić information content (AvgIpc) is 3.23. The Balaban J connectivity index is 0.000000228. The van der Waals surface area contributed by atoms with Gasteiger partial charge in [0.15, 0.2) is 0 Å². The zero-order valence-corrected chi connectivity index (χ0v) is 33.8. The molecule has 6 rings (SSSR count). The summed E-state index contributed by atoms with van der Waals surface area (Å²) in [5.41, 5.74) is 4.56. The van der Waals surface area contributed by atoms with Gasteiger partial charge in [-0.3, -0.25) is 9.44 Å². The number of carboxylic acid groups (broad SMARTS) is 2. The monoisotopic (exact) mass is 858 g/mol. The second-order valence-corrected chi connectivity index (χ2v) is 16.9. The first kappa shape index (κ1) is 44.6. The maximum Gasteiger partial charge on any atom is 0.416 e. The second-order valence-electron chi connectivity index (χ2n) is 13.6. The molecule has 0 saturated carbocycles. The molecule has 0 radical (unpaired) electrons. The van der Waals surface area contributed by atoms with Gasteiger partial charge in [0, 0.05) is 0 Å². The van der Waals surface area contributed by atoms with Gasteiger partial charge in [0.1, 0.15) is 0 Å². The van der Waals surface area contributed by atoms with E-state index in [0.717, 1.165) is 52.9 Å². The molecule has 10 nitrogen and oxygen atoms in total. The van der Waals surface area contributed by atoms with E-state index in [1.807, 2.05) is 37.3 Å². The van der Waals surface area contributed by atoms with Crippen molar-refractivity contribution in [3.63, 3.8) is 0 Å². The molecule has 0 spiro atoms. The quantitative estimate of drug-likeness (QED) is 0.0793. The molecule has 0 heterocycles. The van der Waals surface area contributed by atoms with Crippen LogP contribution in [0.5, 0.6) is 0 Å². The summed E-state index contributed by atoms with van der Waals surface area (Å²) in [4.78, 5) is 22.2. The number of carboxylic acids is 2. The van der Waals surface area contributed by atoms with Crippen LogP contribution in [0.2, 0.25) is 0 Å². The molecule has 312 valence electrons. The predicted molar refractivity (Wildman–Crippen MR) is 223 cm³/mol. The Labute approximate surface area is 346 Å². The van der Waals surface area contributed by atoms with Crippen molar-refractivity contribution < 1.29 is 49.8 Å². The number of rotatable bonds is 15. The number of carbonyl (C=O) groups is 2. The number of benzene rings is 6. The molecule has 0 aliphatic rings. The topological polar surface area (TPSA) is 167 Å². The number of para-hydroxylation sites is 2. The first-order valence-corrected chi connectivity index (χ1v) is 21.5. The molecule has 0 bridgehead atoms. The fraction of sp³-hybridized carbons (Fsp3) is 0.156. The van der Waals surface area contributed by atoms with E-state index in [2.05, 4.69) is 9.44 Å². The van der Waals surface area contributed by atoms with Crippen LogP contribution in [0.1, 0.15) is 61.0 Å². The van der Waals surface area contributed by atoms with E-state index in [-0.39, 0.29) is 20.9 Å². The van der Waals surface area contributed by atoms with Gasteiger partial charge in [-0.2, -0.15) is 13.2 Å². The summed E-state index contributed by atoms with van der Waals surface area (Å²) in [5, 5.41) is 18.2. The molecule has 0 unspecified atom stereocenters. The van der Waals surface area contributed by atoms with E-state index in [4.69, 9.17) is 10.2 Å². The minimum absolute atomic E-state index is 0.161. The summed E-state index contributed by atoms with van der Waals surface area (Å²) in [6.07, 6.45) is -1.63. The van der Waals surface area contributed by atoms with Crippen LogP contribution in [0.4, 0.5) is 24.5 Å². The van der Waals surface area contributed by atoms with Crippen LogP contribution < -0.4 is 9.44 Å². The van der Waals surface area contributed by atoms with Gasteiger partial charge in [0.05, 0.1) is 37.9 Å². The molecular formula is C45H41F3N2O8S2. The minimum Gasteiger partial charge on any atom is -0.478 e. The van der Waals surface area contributed by atoms with Crippen molar-refractivity contribution in [1.29, 1.82) is 0 Å². The van der Waals surface area contributed by atoms with Crippen LogP contribution in [0.25, 0.3) is 0 Å². The van der Waals surface area contributed by atoms with Crippen molar-refractivity contribution in [2.45, 2.75) is 55.0 Å². The van der Waals surface area contributed by atoms with Crippen LogP contribution in [0, 0.1) is 0 Å². The second kappa shape index (κ2) is 19.5. The SMILES string of the molecule is CCc1ccc(S(=O)(=O)Nc2ccccc2CCc2cccc(C(=O)O)c2)cc1.O=C(O)c1cccc(CCc2ccccc2NS(=O)(=O)c2ccc(C(F)(F)F)cc2)c1. The first-order chi connectivity index (χ1) is 28.4. The first-order valence-electron chi connectivity index (χ1n) is 18.6.